The quantitative estimate of drug-likeness (QED) is 0.596. The molecule has 0 spiro atoms. The Labute approximate surface area is 161 Å². The lowest BCUT2D eigenvalue weighted by Gasteiger charge is -2.34. The van der Waals surface area contributed by atoms with Gasteiger partial charge in [0.2, 0.25) is 5.95 Å². The maximum Gasteiger partial charge on any atom is 0.225 e. The molecule has 0 bridgehead atoms. The molecule has 1 aliphatic heterocycles. The van der Waals surface area contributed by atoms with E-state index in [1.54, 1.807) is 12.4 Å². The molecule has 1 aliphatic rings. The lowest BCUT2D eigenvalue weighted by molar-refractivity contribution is 0.260. The van der Waals surface area contributed by atoms with Gasteiger partial charge in [-0.05, 0) is 18.6 Å². The lowest BCUT2D eigenvalue weighted by Crippen LogP contribution is -2.49. The van der Waals surface area contributed by atoms with Gasteiger partial charge in [0, 0.05) is 58.7 Å². The summed E-state index contributed by atoms with van der Waals surface area (Å²) in [5.74, 6) is 1.66. The van der Waals surface area contributed by atoms with Gasteiger partial charge in [-0.3, -0.25) is 9.89 Å². The number of hydrogen-bond acceptors (Lipinski definition) is 5. The normalized spacial score (nSPS) is 16.8. The van der Waals surface area contributed by atoms with Gasteiger partial charge in [-0.25, -0.2) is 9.97 Å². The third kappa shape index (κ3) is 5.65. The average molecular weight is 368 g/mol. The van der Waals surface area contributed by atoms with E-state index in [0.717, 1.165) is 51.2 Å². The zero-order valence-electron chi connectivity index (χ0n) is 16.2. The summed E-state index contributed by atoms with van der Waals surface area (Å²) in [5.41, 5.74) is 1.25. The molecule has 1 unspecified atom stereocenters. The third-order valence-corrected chi connectivity index (χ3v) is 4.80. The largest absolute Gasteiger partial charge is 0.355 e. The molecule has 0 saturated carbocycles. The maximum absolute atomic E-state index is 4.34. The number of guanidine groups is 1. The second-order valence-corrected chi connectivity index (χ2v) is 6.65. The Balaban J connectivity index is 1.38. The van der Waals surface area contributed by atoms with Gasteiger partial charge in [-0.15, -0.1) is 0 Å². The first-order valence-electron chi connectivity index (χ1n) is 9.52. The number of hydrogen-bond donors (Lipinski definition) is 2. The standard InChI is InChI=1S/C20H29N7/c1-17(18-7-4-3-5-8-18)25-19(21-2)22-11-12-26-13-15-27(16-14-26)20-23-9-6-10-24-20/h3-10,17H,11-16H2,1-2H3,(H2,21,22,25). The van der Waals surface area contributed by atoms with Crippen molar-refractivity contribution in [3.05, 3.63) is 54.4 Å². The second-order valence-electron chi connectivity index (χ2n) is 6.65. The molecule has 0 amide bonds. The summed E-state index contributed by atoms with van der Waals surface area (Å²) in [6, 6.07) is 12.5. The van der Waals surface area contributed by atoms with Crippen LogP contribution in [0.4, 0.5) is 5.95 Å². The van der Waals surface area contributed by atoms with Crippen molar-refractivity contribution < 1.29 is 0 Å². The molecule has 144 valence electrons. The van der Waals surface area contributed by atoms with E-state index >= 15 is 0 Å². The van der Waals surface area contributed by atoms with E-state index in [9.17, 15) is 0 Å². The van der Waals surface area contributed by atoms with Gasteiger partial charge in [0.15, 0.2) is 5.96 Å². The van der Waals surface area contributed by atoms with Crippen LogP contribution in [0.25, 0.3) is 0 Å². The number of aliphatic imine (C=N–C) groups is 1. The first-order chi connectivity index (χ1) is 13.3. The number of nitrogens with one attached hydrogen (secondary N) is 2. The summed E-state index contributed by atoms with van der Waals surface area (Å²) in [7, 11) is 1.81. The molecule has 0 aliphatic carbocycles. The molecule has 1 atom stereocenters. The first-order valence-corrected chi connectivity index (χ1v) is 9.52. The van der Waals surface area contributed by atoms with E-state index in [1.165, 1.54) is 5.56 Å². The number of anilines is 1. The smallest absolute Gasteiger partial charge is 0.225 e. The molecule has 1 aromatic heterocycles. The summed E-state index contributed by atoms with van der Waals surface area (Å²) >= 11 is 0. The Morgan fingerprint density at radius 3 is 2.44 bits per heavy atom. The molecule has 1 saturated heterocycles. The van der Waals surface area contributed by atoms with Crippen LogP contribution in [0.3, 0.4) is 0 Å². The Morgan fingerprint density at radius 1 is 1.07 bits per heavy atom. The highest BCUT2D eigenvalue weighted by molar-refractivity contribution is 5.80. The lowest BCUT2D eigenvalue weighted by atomic mass is 10.1. The molecule has 2 N–H and O–H groups in total. The van der Waals surface area contributed by atoms with Crippen LogP contribution in [0.5, 0.6) is 0 Å². The van der Waals surface area contributed by atoms with Gasteiger partial charge < -0.3 is 15.5 Å². The zero-order valence-corrected chi connectivity index (χ0v) is 16.2. The third-order valence-electron chi connectivity index (χ3n) is 4.80. The monoisotopic (exact) mass is 367 g/mol. The Morgan fingerprint density at radius 2 is 1.78 bits per heavy atom. The Hall–Kier alpha value is -2.67. The summed E-state index contributed by atoms with van der Waals surface area (Å²) in [4.78, 5) is 17.7. The predicted molar refractivity (Wildman–Crippen MR) is 110 cm³/mol. The van der Waals surface area contributed by atoms with Crippen molar-refractivity contribution in [2.24, 2.45) is 4.99 Å². The molecule has 7 heteroatoms. The maximum atomic E-state index is 4.34. The fourth-order valence-corrected chi connectivity index (χ4v) is 3.18. The number of rotatable bonds is 6. The predicted octanol–water partition coefficient (Wildman–Crippen LogP) is 1.52. The average Bonchev–Trinajstić information content (AvgIpc) is 2.74. The topological polar surface area (TPSA) is 68.7 Å². The summed E-state index contributed by atoms with van der Waals surface area (Å²) in [6.45, 7) is 7.96. The van der Waals surface area contributed by atoms with E-state index in [1.807, 2.05) is 19.2 Å². The number of benzene rings is 1. The van der Waals surface area contributed by atoms with Gasteiger partial charge in [0.05, 0.1) is 6.04 Å². The Bertz CT molecular complexity index is 697. The fourth-order valence-electron chi connectivity index (χ4n) is 3.18. The molecule has 1 aromatic carbocycles. The second kappa shape index (κ2) is 9.87. The van der Waals surface area contributed by atoms with Crippen molar-refractivity contribution in [1.82, 2.24) is 25.5 Å². The highest BCUT2D eigenvalue weighted by Crippen LogP contribution is 2.11. The van der Waals surface area contributed by atoms with Crippen molar-refractivity contribution in [1.29, 1.82) is 0 Å². The molecule has 7 nitrogen and oxygen atoms in total. The van der Waals surface area contributed by atoms with Crippen LogP contribution in [-0.2, 0) is 0 Å². The molecule has 2 aromatic rings. The van der Waals surface area contributed by atoms with Gasteiger partial charge >= 0.3 is 0 Å². The SMILES string of the molecule is CN=C(NCCN1CCN(c2ncccn2)CC1)NC(C)c1ccccc1. The highest BCUT2D eigenvalue weighted by atomic mass is 15.3. The summed E-state index contributed by atoms with van der Waals surface area (Å²) in [6.07, 6.45) is 3.60. The molecular formula is C20H29N7. The number of nitrogens with zero attached hydrogens (tertiary/aromatic N) is 5. The van der Waals surface area contributed by atoms with Crippen LogP contribution in [0, 0.1) is 0 Å². The van der Waals surface area contributed by atoms with Crippen molar-refractivity contribution >= 4 is 11.9 Å². The van der Waals surface area contributed by atoms with Crippen LogP contribution >= 0.6 is 0 Å². The highest BCUT2D eigenvalue weighted by Gasteiger charge is 2.18. The molecule has 27 heavy (non-hydrogen) atoms. The van der Waals surface area contributed by atoms with Crippen LogP contribution in [0.2, 0.25) is 0 Å². The molecule has 1 fully saturated rings. The van der Waals surface area contributed by atoms with Crippen LogP contribution in [-0.4, -0.2) is 67.1 Å². The van der Waals surface area contributed by atoms with Crippen molar-refractivity contribution in [3.63, 3.8) is 0 Å². The van der Waals surface area contributed by atoms with Crippen LogP contribution in [0.1, 0.15) is 18.5 Å². The minimum atomic E-state index is 0.215. The van der Waals surface area contributed by atoms with Crippen molar-refractivity contribution in [2.45, 2.75) is 13.0 Å². The minimum absolute atomic E-state index is 0.215. The van der Waals surface area contributed by atoms with Crippen molar-refractivity contribution in [2.75, 3.05) is 51.2 Å². The molecule has 0 radical (unpaired) electrons. The summed E-state index contributed by atoms with van der Waals surface area (Å²) in [5, 5.41) is 6.86. The van der Waals surface area contributed by atoms with E-state index in [0.29, 0.717) is 0 Å². The summed E-state index contributed by atoms with van der Waals surface area (Å²) < 4.78 is 0. The van der Waals surface area contributed by atoms with Gasteiger partial charge in [0.25, 0.3) is 0 Å². The molecule has 2 heterocycles. The van der Waals surface area contributed by atoms with Crippen LogP contribution < -0.4 is 15.5 Å². The van der Waals surface area contributed by atoms with E-state index < -0.39 is 0 Å². The van der Waals surface area contributed by atoms with Gasteiger partial charge in [-0.2, -0.15) is 0 Å². The minimum Gasteiger partial charge on any atom is -0.355 e. The molecule has 3 rings (SSSR count). The van der Waals surface area contributed by atoms with E-state index in [4.69, 9.17) is 0 Å². The van der Waals surface area contributed by atoms with Gasteiger partial charge in [-0.1, -0.05) is 30.3 Å². The van der Waals surface area contributed by atoms with E-state index in [-0.39, 0.29) is 6.04 Å². The Kier molecular flexibility index (Phi) is 6.98. The number of piperazine rings is 1. The molecular weight excluding hydrogens is 338 g/mol. The van der Waals surface area contributed by atoms with E-state index in [2.05, 4.69) is 66.6 Å². The fraction of sp³-hybridized carbons (Fsp3) is 0.450. The first kappa shape index (κ1) is 19.1. The van der Waals surface area contributed by atoms with Crippen LogP contribution in [0.15, 0.2) is 53.8 Å². The zero-order chi connectivity index (χ0) is 18.9. The van der Waals surface area contributed by atoms with Gasteiger partial charge in [0.1, 0.15) is 0 Å². The van der Waals surface area contributed by atoms with Crippen molar-refractivity contribution in [3.8, 4) is 0 Å². The number of aromatic nitrogens is 2.